The number of hydrogen-bond acceptors (Lipinski definition) is 4. The summed E-state index contributed by atoms with van der Waals surface area (Å²) in [6, 6.07) is 0.277. The van der Waals surface area contributed by atoms with Gasteiger partial charge in [-0.1, -0.05) is 5.57 Å². The molecule has 0 aliphatic heterocycles. The zero-order valence-corrected chi connectivity index (χ0v) is 12.2. The average Bonchev–Trinajstić information content (AvgIpc) is 2.71. The summed E-state index contributed by atoms with van der Waals surface area (Å²) in [5.74, 6) is 0.677. The number of nitrogens with zero attached hydrogens (tertiary/aromatic N) is 4. The molecular weight excluding hydrogens is 262 g/mol. The summed E-state index contributed by atoms with van der Waals surface area (Å²) in [6.45, 7) is 10.8. The Balaban J connectivity index is 2.35. The predicted octanol–water partition coefficient (Wildman–Crippen LogP) is 3.44. The maximum Gasteiger partial charge on any atom is 0.226 e. The minimum absolute atomic E-state index is 0.229. The molecule has 0 saturated carbocycles. The van der Waals surface area contributed by atoms with Crippen LogP contribution in [0.1, 0.15) is 33.2 Å². The summed E-state index contributed by atoms with van der Waals surface area (Å²) < 4.78 is 1.98. The molecule has 102 valence electrons. The van der Waals surface area contributed by atoms with Gasteiger partial charge in [0.15, 0.2) is 17.0 Å². The van der Waals surface area contributed by atoms with E-state index in [1.165, 1.54) is 0 Å². The van der Waals surface area contributed by atoms with Crippen LogP contribution in [0.5, 0.6) is 0 Å². The molecule has 5 nitrogen and oxygen atoms in total. The number of nitrogens with one attached hydrogen (secondary N) is 1. The van der Waals surface area contributed by atoms with Crippen LogP contribution in [0, 0.1) is 0 Å². The van der Waals surface area contributed by atoms with Gasteiger partial charge in [0.05, 0.1) is 6.33 Å². The number of halogens is 1. The second kappa shape index (κ2) is 5.57. The van der Waals surface area contributed by atoms with Gasteiger partial charge in [0.25, 0.3) is 0 Å². The SMILES string of the molecule is C=C(C)CCNc1nc(Cl)nc2c1ncn2C(C)C. The lowest BCUT2D eigenvalue weighted by Gasteiger charge is -2.09. The molecule has 0 atom stereocenters. The van der Waals surface area contributed by atoms with Gasteiger partial charge in [0.2, 0.25) is 5.28 Å². The maximum atomic E-state index is 5.98. The van der Waals surface area contributed by atoms with Gasteiger partial charge in [-0.15, -0.1) is 6.58 Å². The summed E-state index contributed by atoms with van der Waals surface area (Å²) in [5, 5.41) is 3.47. The summed E-state index contributed by atoms with van der Waals surface area (Å²) in [7, 11) is 0. The van der Waals surface area contributed by atoms with E-state index in [0.717, 1.165) is 29.7 Å². The molecule has 0 aliphatic rings. The highest BCUT2D eigenvalue weighted by molar-refractivity contribution is 6.28. The zero-order chi connectivity index (χ0) is 14.0. The minimum atomic E-state index is 0.229. The van der Waals surface area contributed by atoms with E-state index in [1.54, 1.807) is 6.33 Å². The van der Waals surface area contributed by atoms with Crippen molar-refractivity contribution in [2.75, 3.05) is 11.9 Å². The van der Waals surface area contributed by atoms with Crippen molar-refractivity contribution in [3.8, 4) is 0 Å². The highest BCUT2D eigenvalue weighted by Gasteiger charge is 2.13. The third-order valence-electron chi connectivity index (χ3n) is 2.79. The van der Waals surface area contributed by atoms with Crippen LogP contribution in [0.4, 0.5) is 5.82 Å². The Bertz CT molecular complexity index is 602. The third-order valence-corrected chi connectivity index (χ3v) is 2.96. The Hall–Kier alpha value is -1.62. The highest BCUT2D eigenvalue weighted by atomic mass is 35.5. The molecule has 19 heavy (non-hydrogen) atoms. The van der Waals surface area contributed by atoms with E-state index >= 15 is 0 Å². The number of rotatable bonds is 5. The van der Waals surface area contributed by atoms with E-state index in [9.17, 15) is 0 Å². The van der Waals surface area contributed by atoms with Crippen molar-refractivity contribution in [2.45, 2.75) is 33.2 Å². The van der Waals surface area contributed by atoms with Crippen molar-refractivity contribution in [2.24, 2.45) is 0 Å². The Kier molecular flexibility index (Phi) is 4.04. The summed E-state index contributed by atoms with van der Waals surface area (Å²) in [4.78, 5) is 12.8. The van der Waals surface area contributed by atoms with Crippen LogP contribution in [-0.4, -0.2) is 26.1 Å². The molecule has 1 N–H and O–H groups in total. The smallest absolute Gasteiger partial charge is 0.226 e. The molecular formula is C13H18ClN5. The fourth-order valence-corrected chi connectivity index (χ4v) is 1.95. The number of imidazole rings is 1. The fourth-order valence-electron chi connectivity index (χ4n) is 1.79. The average molecular weight is 280 g/mol. The van der Waals surface area contributed by atoms with Gasteiger partial charge in [0, 0.05) is 12.6 Å². The first-order chi connectivity index (χ1) is 8.99. The second-order valence-electron chi connectivity index (χ2n) is 4.89. The molecule has 0 unspecified atom stereocenters. The molecule has 0 radical (unpaired) electrons. The number of hydrogen-bond donors (Lipinski definition) is 1. The monoisotopic (exact) mass is 279 g/mol. The van der Waals surface area contributed by atoms with Crippen molar-refractivity contribution in [1.82, 2.24) is 19.5 Å². The van der Waals surface area contributed by atoms with Gasteiger partial charge in [0.1, 0.15) is 0 Å². The van der Waals surface area contributed by atoms with Gasteiger partial charge in [-0.05, 0) is 38.8 Å². The van der Waals surface area contributed by atoms with E-state index in [0.29, 0.717) is 5.82 Å². The number of anilines is 1. The maximum absolute atomic E-state index is 5.98. The van der Waals surface area contributed by atoms with Crippen LogP contribution < -0.4 is 5.32 Å². The lowest BCUT2D eigenvalue weighted by molar-refractivity contribution is 0.612. The lowest BCUT2D eigenvalue weighted by atomic mass is 10.2. The molecule has 2 aromatic rings. The van der Waals surface area contributed by atoms with E-state index in [2.05, 4.69) is 40.7 Å². The molecule has 0 spiro atoms. The Morgan fingerprint density at radius 2 is 2.21 bits per heavy atom. The van der Waals surface area contributed by atoms with Crippen LogP contribution in [0.2, 0.25) is 5.28 Å². The summed E-state index contributed by atoms with van der Waals surface area (Å²) in [5.41, 5.74) is 2.63. The van der Waals surface area contributed by atoms with E-state index < -0.39 is 0 Å². The second-order valence-corrected chi connectivity index (χ2v) is 5.23. The molecule has 0 fully saturated rings. The van der Waals surface area contributed by atoms with Gasteiger partial charge >= 0.3 is 0 Å². The lowest BCUT2D eigenvalue weighted by Crippen LogP contribution is -2.06. The van der Waals surface area contributed by atoms with Crippen LogP contribution in [-0.2, 0) is 0 Å². The first-order valence-electron chi connectivity index (χ1n) is 6.27. The first-order valence-corrected chi connectivity index (χ1v) is 6.65. The van der Waals surface area contributed by atoms with Crippen molar-refractivity contribution in [1.29, 1.82) is 0 Å². The van der Waals surface area contributed by atoms with Gasteiger partial charge in [-0.25, -0.2) is 4.98 Å². The molecule has 2 rings (SSSR count). The van der Waals surface area contributed by atoms with E-state index in [4.69, 9.17) is 11.6 Å². The number of fused-ring (bicyclic) bond motifs is 1. The molecule has 6 heteroatoms. The topological polar surface area (TPSA) is 55.6 Å². The molecule has 0 saturated heterocycles. The van der Waals surface area contributed by atoms with Crippen molar-refractivity contribution in [3.63, 3.8) is 0 Å². The molecule has 0 aromatic carbocycles. The zero-order valence-electron chi connectivity index (χ0n) is 11.4. The quantitative estimate of drug-likeness (QED) is 0.673. The predicted molar refractivity (Wildman–Crippen MR) is 78.6 cm³/mol. The van der Waals surface area contributed by atoms with Gasteiger partial charge in [-0.2, -0.15) is 9.97 Å². The van der Waals surface area contributed by atoms with Crippen LogP contribution in [0.3, 0.4) is 0 Å². The van der Waals surface area contributed by atoms with Gasteiger partial charge in [-0.3, -0.25) is 0 Å². The summed E-state index contributed by atoms with van der Waals surface area (Å²) >= 11 is 5.98. The first kappa shape index (κ1) is 13.8. The fraction of sp³-hybridized carbons (Fsp3) is 0.462. The number of aromatic nitrogens is 4. The standard InChI is InChI=1S/C13H18ClN5/c1-8(2)5-6-15-11-10-12(18-13(14)17-11)19(7-16-10)9(3)4/h7,9H,1,5-6H2,2-4H3,(H,15,17,18). The van der Waals surface area contributed by atoms with Crippen LogP contribution >= 0.6 is 11.6 Å². The molecule has 2 aromatic heterocycles. The Morgan fingerprint density at radius 1 is 1.47 bits per heavy atom. The van der Waals surface area contributed by atoms with Crippen LogP contribution in [0.15, 0.2) is 18.5 Å². The highest BCUT2D eigenvalue weighted by Crippen LogP contribution is 2.23. The Morgan fingerprint density at radius 3 is 2.84 bits per heavy atom. The molecule has 2 heterocycles. The molecule has 0 amide bonds. The summed E-state index contributed by atoms with van der Waals surface area (Å²) in [6.07, 6.45) is 2.65. The van der Waals surface area contributed by atoms with E-state index in [-0.39, 0.29) is 11.3 Å². The molecule has 0 bridgehead atoms. The largest absolute Gasteiger partial charge is 0.368 e. The Labute approximate surface area is 117 Å². The normalized spacial score (nSPS) is 11.2. The van der Waals surface area contributed by atoms with Gasteiger partial charge < -0.3 is 9.88 Å². The van der Waals surface area contributed by atoms with Crippen LogP contribution in [0.25, 0.3) is 11.2 Å². The van der Waals surface area contributed by atoms with Crippen molar-refractivity contribution >= 4 is 28.6 Å². The van der Waals surface area contributed by atoms with E-state index in [1.807, 2.05) is 11.5 Å². The third kappa shape index (κ3) is 3.04. The molecule has 0 aliphatic carbocycles. The minimum Gasteiger partial charge on any atom is -0.368 e. The van der Waals surface area contributed by atoms with Crippen molar-refractivity contribution < 1.29 is 0 Å². The van der Waals surface area contributed by atoms with Crippen molar-refractivity contribution in [3.05, 3.63) is 23.8 Å².